The minimum Gasteiger partial charge on any atom is -0.381 e. The molecule has 4 heteroatoms. The summed E-state index contributed by atoms with van der Waals surface area (Å²) in [7, 11) is 0. The summed E-state index contributed by atoms with van der Waals surface area (Å²) in [6, 6.07) is 7.74. The molecule has 3 rings (SSSR count). The summed E-state index contributed by atoms with van der Waals surface area (Å²) in [5.74, 6) is -0.154. The van der Waals surface area contributed by atoms with Crippen LogP contribution >= 0.6 is 11.8 Å². The summed E-state index contributed by atoms with van der Waals surface area (Å²) < 4.78 is 18.9. The smallest absolute Gasteiger partial charge is 0.123 e. The highest BCUT2D eigenvalue weighted by atomic mass is 32.2. The van der Waals surface area contributed by atoms with E-state index >= 15 is 0 Å². The van der Waals surface area contributed by atoms with Gasteiger partial charge in [-0.1, -0.05) is 25.0 Å². The summed E-state index contributed by atoms with van der Waals surface area (Å²) in [4.78, 5) is 0. The lowest BCUT2D eigenvalue weighted by atomic mass is 9.73. The van der Waals surface area contributed by atoms with Crippen molar-refractivity contribution >= 4 is 11.8 Å². The van der Waals surface area contributed by atoms with Crippen molar-refractivity contribution in [3.8, 4) is 0 Å². The predicted molar refractivity (Wildman–Crippen MR) is 95.7 cm³/mol. The Balaban J connectivity index is 1.72. The van der Waals surface area contributed by atoms with Crippen molar-refractivity contribution in [2.24, 2.45) is 0 Å². The average Bonchev–Trinajstić information content (AvgIpc) is 2.61. The first-order chi connectivity index (χ1) is 11.2. The number of halogens is 1. The highest BCUT2D eigenvalue weighted by Gasteiger charge is 2.36. The van der Waals surface area contributed by atoms with Crippen molar-refractivity contribution in [1.82, 2.24) is 5.32 Å². The van der Waals surface area contributed by atoms with Gasteiger partial charge < -0.3 is 10.1 Å². The van der Waals surface area contributed by atoms with Gasteiger partial charge in [0.2, 0.25) is 0 Å². The Morgan fingerprint density at radius 1 is 1.17 bits per heavy atom. The largest absolute Gasteiger partial charge is 0.381 e. The van der Waals surface area contributed by atoms with Gasteiger partial charge in [0.15, 0.2) is 0 Å². The Labute approximate surface area is 143 Å². The maximum absolute atomic E-state index is 13.3. The van der Waals surface area contributed by atoms with E-state index in [1.54, 1.807) is 12.1 Å². The first-order valence-electron chi connectivity index (χ1n) is 8.83. The first kappa shape index (κ1) is 17.2. The zero-order valence-corrected chi connectivity index (χ0v) is 14.8. The van der Waals surface area contributed by atoms with Crippen molar-refractivity contribution in [3.63, 3.8) is 0 Å². The lowest BCUT2D eigenvalue weighted by Gasteiger charge is -2.41. The van der Waals surface area contributed by atoms with Gasteiger partial charge >= 0.3 is 0 Å². The van der Waals surface area contributed by atoms with Gasteiger partial charge in [-0.2, -0.15) is 11.8 Å². The van der Waals surface area contributed by atoms with Gasteiger partial charge in [-0.05, 0) is 49.6 Å². The van der Waals surface area contributed by atoms with Crippen LogP contribution in [0, 0.1) is 5.82 Å². The highest BCUT2D eigenvalue weighted by molar-refractivity contribution is 7.99. The molecule has 1 aromatic carbocycles. The van der Waals surface area contributed by atoms with E-state index in [0.29, 0.717) is 6.04 Å². The maximum Gasteiger partial charge on any atom is 0.123 e. The van der Waals surface area contributed by atoms with Crippen molar-refractivity contribution < 1.29 is 9.13 Å². The molecule has 1 aliphatic heterocycles. The molecule has 0 spiro atoms. The molecule has 128 valence electrons. The molecule has 1 aromatic rings. The molecule has 0 aromatic heterocycles. The van der Waals surface area contributed by atoms with Crippen LogP contribution in [0.3, 0.4) is 0 Å². The fourth-order valence-electron chi connectivity index (χ4n) is 4.07. The van der Waals surface area contributed by atoms with E-state index in [2.05, 4.69) is 11.6 Å². The van der Waals surface area contributed by atoms with Crippen LogP contribution in [0.5, 0.6) is 0 Å². The van der Waals surface area contributed by atoms with Crippen molar-refractivity contribution in [3.05, 3.63) is 35.6 Å². The van der Waals surface area contributed by atoms with Gasteiger partial charge in [-0.15, -0.1) is 0 Å². The van der Waals surface area contributed by atoms with Crippen LogP contribution in [-0.4, -0.2) is 37.3 Å². The zero-order valence-electron chi connectivity index (χ0n) is 14.0. The van der Waals surface area contributed by atoms with Crippen LogP contribution in [0.25, 0.3) is 0 Å². The van der Waals surface area contributed by atoms with E-state index in [0.717, 1.165) is 37.9 Å². The molecule has 1 heterocycles. The first-order valence-corrected chi connectivity index (χ1v) is 10.1. The van der Waals surface area contributed by atoms with Crippen LogP contribution in [0.2, 0.25) is 0 Å². The lowest BCUT2D eigenvalue weighted by molar-refractivity contribution is 0.0484. The fourth-order valence-corrected chi connectivity index (χ4v) is 5.04. The van der Waals surface area contributed by atoms with Crippen molar-refractivity contribution in [1.29, 1.82) is 0 Å². The van der Waals surface area contributed by atoms with Gasteiger partial charge in [0.1, 0.15) is 5.82 Å². The molecule has 0 amide bonds. The third-order valence-corrected chi connectivity index (χ3v) is 6.78. The number of nitrogens with one attached hydrogen (secondary N) is 1. The number of thioether (sulfide) groups is 1. The summed E-state index contributed by atoms with van der Waals surface area (Å²) in [5, 5.41) is 4.61. The molecular weight excluding hydrogens is 309 g/mol. The van der Waals surface area contributed by atoms with Crippen LogP contribution in [-0.2, 0) is 10.2 Å². The van der Waals surface area contributed by atoms with Gasteiger partial charge in [0.25, 0.3) is 0 Å². The molecule has 2 fully saturated rings. The third kappa shape index (κ3) is 4.09. The highest BCUT2D eigenvalue weighted by Crippen LogP contribution is 2.35. The summed E-state index contributed by atoms with van der Waals surface area (Å²) in [6.45, 7) is 2.58. The Hall–Kier alpha value is -0.580. The van der Waals surface area contributed by atoms with Crippen LogP contribution in [0.4, 0.5) is 4.39 Å². The number of hydrogen-bond donors (Lipinski definition) is 1. The fraction of sp³-hybridized carbons (Fsp3) is 0.684. The van der Waals surface area contributed by atoms with Crippen molar-refractivity contribution in [2.45, 2.75) is 55.2 Å². The molecule has 0 bridgehead atoms. The average molecular weight is 338 g/mol. The Bertz CT molecular complexity index is 487. The summed E-state index contributed by atoms with van der Waals surface area (Å²) in [6.07, 6.45) is 9.56. The molecule has 2 atom stereocenters. The summed E-state index contributed by atoms with van der Waals surface area (Å²) >= 11 is 2.00. The SMILES string of the molecule is CSC1CCCCC1NCC1(c2ccc(F)cc2)CCOCC1. The monoisotopic (exact) mass is 337 g/mol. The standard InChI is InChI=1S/C19H28FNOS/c1-23-18-5-3-2-4-17(18)21-14-19(10-12-22-13-11-19)15-6-8-16(20)9-7-15/h6-9,17-18,21H,2-5,10-14H2,1H3. The molecular formula is C19H28FNOS. The van der Waals surface area contributed by atoms with E-state index in [-0.39, 0.29) is 11.2 Å². The molecule has 1 saturated carbocycles. The van der Waals surface area contributed by atoms with Crippen LogP contribution < -0.4 is 5.32 Å². The predicted octanol–water partition coefficient (Wildman–Crippen LogP) is 4.14. The van der Waals surface area contributed by atoms with Crippen LogP contribution in [0.1, 0.15) is 44.1 Å². The molecule has 1 N–H and O–H groups in total. The third-order valence-electron chi connectivity index (χ3n) is 5.61. The van der Waals surface area contributed by atoms with E-state index in [1.165, 1.54) is 31.2 Å². The molecule has 2 aliphatic rings. The van der Waals surface area contributed by atoms with Crippen molar-refractivity contribution in [2.75, 3.05) is 26.0 Å². The maximum atomic E-state index is 13.3. The number of benzene rings is 1. The van der Waals surface area contributed by atoms with Gasteiger partial charge in [-0.3, -0.25) is 0 Å². The zero-order chi connectivity index (χ0) is 16.1. The minimum atomic E-state index is -0.154. The molecule has 1 saturated heterocycles. The van der Waals surface area contributed by atoms with Crippen LogP contribution in [0.15, 0.2) is 24.3 Å². The summed E-state index contributed by atoms with van der Waals surface area (Å²) in [5.41, 5.74) is 1.35. The van der Waals surface area contributed by atoms with E-state index in [9.17, 15) is 4.39 Å². The molecule has 2 nitrogen and oxygen atoms in total. The number of rotatable bonds is 5. The Morgan fingerprint density at radius 3 is 2.57 bits per heavy atom. The normalized spacial score (nSPS) is 27.7. The Kier molecular flexibility index (Phi) is 6.00. The number of ether oxygens (including phenoxy) is 1. The van der Waals surface area contributed by atoms with E-state index in [1.807, 2.05) is 23.9 Å². The second kappa shape index (κ2) is 8.00. The lowest BCUT2D eigenvalue weighted by Crippen LogP contribution is -2.49. The van der Waals surface area contributed by atoms with E-state index < -0.39 is 0 Å². The topological polar surface area (TPSA) is 21.3 Å². The van der Waals surface area contributed by atoms with Gasteiger partial charge in [0, 0.05) is 36.5 Å². The van der Waals surface area contributed by atoms with E-state index in [4.69, 9.17) is 4.74 Å². The Morgan fingerprint density at radius 2 is 1.87 bits per heavy atom. The van der Waals surface area contributed by atoms with Gasteiger partial charge in [-0.25, -0.2) is 4.39 Å². The molecule has 23 heavy (non-hydrogen) atoms. The molecule has 0 radical (unpaired) electrons. The number of hydrogen-bond acceptors (Lipinski definition) is 3. The quantitative estimate of drug-likeness (QED) is 0.872. The minimum absolute atomic E-state index is 0.0896. The van der Waals surface area contributed by atoms with Gasteiger partial charge in [0.05, 0.1) is 0 Å². The second-order valence-electron chi connectivity index (χ2n) is 6.95. The second-order valence-corrected chi connectivity index (χ2v) is 8.02. The molecule has 1 aliphatic carbocycles. The molecule has 2 unspecified atom stereocenters.